The van der Waals surface area contributed by atoms with E-state index in [4.69, 9.17) is 0 Å². The third-order valence-corrected chi connectivity index (χ3v) is 5.50. The van der Waals surface area contributed by atoms with E-state index in [1.54, 1.807) is 12.5 Å². The Labute approximate surface area is 165 Å². The van der Waals surface area contributed by atoms with Gasteiger partial charge in [-0.05, 0) is 37.1 Å². The van der Waals surface area contributed by atoms with Gasteiger partial charge in [-0.15, -0.1) is 0 Å². The van der Waals surface area contributed by atoms with Crippen LogP contribution in [0.25, 0.3) is 0 Å². The van der Waals surface area contributed by atoms with Gasteiger partial charge in [0.05, 0.1) is 6.33 Å². The van der Waals surface area contributed by atoms with Crippen LogP contribution in [-0.2, 0) is 11.2 Å². The van der Waals surface area contributed by atoms with Gasteiger partial charge >= 0.3 is 0 Å². The van der Waals surface area contributed by atoms with Crippen LogP contribution < -0.4 is 4.90 Å². The maximum atomic E-state index is 13.4. The molecule has 6 heteroatoms. The first-order chi connectivity index (χ1) is 13.7. The lowest BCUT2D eigenvalue weighted by Gasteiger charge is -2.28. The fourth-order valence-electron chi connectivity index (χ4n) is 3.99. The first-order valence-corrected chi connectivity index (χ1v) is 9.91. The van der Waals surface area contributed by atoms with Crippen molar-refractivity contribution < 1.29 is 4.79 Å². The number of aromatic amines is 1. The van der Waals surface area contributed by atoms with E-state index in [0.717, 1.165) is 38.3 Å². The molecule has 0 bridgehead atoms. The zero-order valence-corrected chi connectivity index (χ0v) is 16.3. The first kappa shape index (κ1) is 18.3. The van der Waals surface area contributed by atoms with Gasteiger partial charge in [0.1, 0.15) is 6.04 Å². The van der Waals surface area contributed by atoms with Gasteiger partial charge in [-0.3, -0.25) is 4.79 Å². The average Bonchev–Trinajstić information content (AvgIpc) is 3.36. The van der Waals surface area contributed by atoms with Gasteiger partial charge in [-0.25, -0.2) is 4.98 Å². The van der Waals surface area contributed by atoms with Gasteiger partial charge in [0, 0.05) is 62.6 Å². The summed E-state index contributed by atoms with van der Waals surface area (Å²) in [6.45, 7) is 5.52. The molecule has 1 atom stereocenters. The van der Waals surface area contributed by atoms with Gasteiger partial charge in [0.25, 0.3) is 0 Å². The average molecular weight is 377 g/mol. The lowest BCUT2D eigenvalue weighted by atomic mass is 10.1. The Balaban J connectivity index is 1.49. The second-order valence-electron chi connectivity index (χ2n) is 7.38. The van der Waals surface area contributed by atoms with Gasteiger partial charge in [-0.2, -0.15) is 0 Å². The number of carbonyl (C=O) groups is 1. The molecule has 2 aromatic heterocycles. The Morgan fingerprint density at radius 3 is 2.68 bits per heavy atom. The number of H-pyrrole nitrogens is 1. The van der Waals surface area contributed by atoms with Gasteiger partial charge < -0.3 is 19.4 Å². The number of carbonyl (C=O) groups excluding carboxylic acids is 1. The number of nitrogens with one attached hydrogen (secondary N) is 1. The molecule has 6 nitrogen and oxygen atoms in total. The second kappa shape index (κ2) is 8.33. The Kier molecular flexibility index (Phi) is 5.46. The zero-order chi connectivity index (χ0) is 19.3. The number of amides is 1. The molecule has 1 fully saturated rings. The van der Waals surface area contributed by atoms with Gasteiger partial charge in [0.2, 0.25) is 5.91 Å². The van der Waals surface area contributed by atoms with Gasteiger partial charge in [-0.1, -0.05) is 18.2 Å². The summed E-state index contributed by atoms with van der Waals surface area (Å²) in [6.07, 6.45) is 8.99. The van der Waals surface area contributed by atoms with Crippen LogP contribution in [-0.4, -0.2) is 51.5 Å². The molecule has 3 heterocycles. The summed E-state index contributed by atoms with van der Waals surface area (Å²) in [5.41, 5.74) is 3.53. The molecular formula is C22H27N5O. The summed E-state index contributed by atoms with van der Waals surface area (Å²) in [6, 6.07) is 12.2. The lowest BCUT2D eigenvalue weighted by molar-refractivity contribution is -0.134. The van der Waals surface area contributed by atoms with Crippen LogP contribution in [0.5, 0.6) is 0 Å². The number of aromatic nitrogens is 3. The van der Waals surface area contributed by atoms with Crippen molar-refractivity contribution in [1.29, 1.82) is 0 Å². The molecule has 0 spiro atoms. The van der Waals surface area contributed by atoms with E-state index < -0.39 is 0 Å². The number of hydrogen-bond acceptors (Lipinski definition) is 3. The van der Waals surface area contributed by atoms with Crippen molar-refractivity contribution in [3.05, 3.63) is 72.6 Å². The Morgan fingerprint density at radius 1 is 1.11 bits per heavy atom. The number of nitrogens with zero attached hydrogens (tertiary/aromatic N) is 4. The summed E-state index contributed by atoms with van der Waals surface area (Å²) in [7, 11) is 0. The summed E-state index contributed by atoms with van der Waals surface area (Å²) in [5, 5.41) is 0. The molecule has 0 saturated carbocycles. The topological polar surface area (TPSA) is 57.2 Å². The van der Waals surface area contributed by atoms with Crippen molar-refractivity contribution in [3.63, 3.8) is 0 Å². The number of hydrogen-bond donors (Lipinski definition) is 1. The third-order valence-electron chi connectivity index (χ3n) is 5.50. The standard InChI is InChI=1S/C22H27N5O/c1-18-7-2-3-8-20(18)26-11-6-12-27(14-13-26)22(28)21(25-9-4-5-10-25)15-19-16-23-17-24-19/h2-5,7-10,16-17,21H,6,11-15H2,1H3,(H,23,24). The van der Waals surface area contributed by atoms with E-state index >= 15 is 0 Å². The van der Waals surface area contributed by atoms with Gasteiger partial charge in [0.15, 0.2) is 0 Å². The van der Waals surface area contributed by atoms with E-state index in [9.17, 15) is 4.79 Å². The summed E-state index contributed by atoms with van der Waals surface area (Å²) in [5.74, 6) is 0.178. The molecule has 0 aliphatic carbocycles. The molecule has 1 aliphatic rings. The molecule has 28 heavy (non-hydrogen) atoms. The highest BCUT2D eigenvalue weighted by molar-refractivity contribution is 5.81. The highest BCUT2D eigenvalue weighted by atomic mass is 16.2. The Hall–Kier alpha value is -3.02. The molecule has 1 amide bonds. The van der Waals surface area contributed by atoms with Crippen LogP contribution in [0.3, 0.4) is 0 Å². The van der Waals surface area contributed by atoms with E-state index in [-0.39, 0.29) is 11.9 Å². The molecule has 4 rings (SSSR count). The highest BCUT2D eigenvalue weighted by Crippen LogP contribution is 2.23. The molecule has 0 radical (unpaired) electrons. The molecular weight excluding hydrogens is 350 g/mol. The van der Waals surface area contributed by atoms with Crippen LogP contribution >= 0.6 is 0 Å². The smallest absolute Gasteiger partial charge is 0.246 e. The number of imidazole rings is 1. The Bertz CT molecular complexity index is 888. The summed E-state index contributed by atoms with van der Waals surface area (Å²) >= 11 is 0. The number of anilines is 1. The normalized spacial score (nSPS) is 16.0. The lowest BCUT2D eigenvalue weighted by Crippen LogP contribution is -2.40. The fraction of sp³-hybridized carbons (Fsp3) is 0.364. The van der Waals surface area contributed by atoms with Crippen molar-refractivity contribution in [2.24, 2.45) is 0 Å². The van der Waals surface area contributed by atoms with Crippen LogP contribution in [0.2, 0.25) is 0 Å². The molecule has 1 N–H and O–H groups in total. The minimum Gasteiger partial charge on any atom is -0.369 e. The third kappa shape index (κ3) is 3.96. The highest BCUT2D eigenvalue weighted by Gasteiger charge is 2.28. The molecule has 1 saturated heterocycles. The maximum absolute atomic E-state index is 13.4. The number of rotatable bonds is 5. The minimum atomic E-state index is -0.250. The van der Waals surface area contributed by atoms with Crippen molar-refractivity contribution in [1.82, 2.24) is 19.4 Å². The van der Waals surface area contributed by atoms with Crippen molar-refractivity contribution >= 4 is 11.6 Å². The van der Waals surface area contributed by atoms with Crippen LogP contribution in [0.4, 0.5) is 5.69 Å². The quantitative estimate of drug-likeness (QED) is 0.744. The molecule has 3 aromatic rings. The van der Waals surface area contributed by atoms with E-state index in [0.29, 0.717) is 6.42 Å². The van der Waals surface area contributed by atoms with E-state index in [1.165, 1.54) is 11.3 Å². The fourth-order valence-corrected chi connectivity index (χ4v) is 3.99. The van der Waals surface area contributed by atoms with E-state index in [2.05, 4.69) is 46.1 Å². The van der Waals surface area contributed by atoms with Crippen LogP contribution in [0.15, 0.2) is 61.3 Å². The molecule has 1 unspecified atom stereocenters. The zero-order valence-electron chi connectivity index (χ0n) is 16.3. The summed E-state index contributed by atoms with van der Waals surface area (Å²) < 4.78 is 2.01. The largest absolute Gasteiger partial charge is 0.369 e. The maximum Gasteiger partial charge on any atom is 0.246 e. The van der Waals surface area contributed by atoms with Crippen LogP contribution in [0.1, 0.15) is 23.7 Å². The number of benzene rings is 1. The van der Waals surface area contributed by atoms with Crippen molar-refractivity contribution in [2.75, 3.05) is 31.1 Å². The predicted molar refractivity (Wildman–Crippen MR) is 110 cm³/mol. The monoisotopic (exact) mass is 377 g/mol. The van der Waals surface area contributed by atoms with Crippen molar-refractivity contribution in [2.45, 2.75) is 25.8 Å². The Morgan fingerprint density at radius 2 is 1.93 bits per heavy atom. The SMILES string of the molecule is Cc1ccccc1N1CCCN(C(=O)C(Cc2cnc[nH]2)n2cccc2)CC1. The molecule has 1 aliphatic heterocycles. The summed E-state index contributed by atoms with van der Waals surface area (Å²) in [4.78, 5) is 25.1. The van der Waals surface area contributed by atoms with E-state index in [1.807, 2.05) is 34.0 Å². The first-order valence-electron chi connectivity index (χ1n) is 9.91. The number of para-hydroxylation sites is 1. The molecule has 146 valence electrons. The molecule has 1 aromatic carbocycles. The van der Waals surface area contributed by atoms with Crippen molar-refractivity contribution in [3.8, 4) is 0 Å². The predicted octanol–water partition coefficient (Wildman–Crippen LogP) is 3.04. The second-order valence-corrected chi connectivity index (χ2v) is 7.38. The number of aryl methyl sites for hydroxylation is 1. The van der Waals surface area contributed by atoms with Crippen LogP contribution in [0, 0.1) is 6.92 Å². The minimum absolute atomic E-state index is 0.178.